The van der Waals surface area contributed by atoms with E-state index in [1.807, 2.05) is 0 Å². The first-order chi connectivity index (χ1) is 10.3. The Bertz CT molecular complexity index is 713. The number of hydrogen-bond acceptors (Lipinski definition) is 5. The Balaban J connectivity index is 2.14. The Kier molecular flexibility index (Phi) is 4.81. The molecular weight excluding hydrogens is 304 g/mol. The fourth-order valence-electron chi connectivity index (χ4n) is 2.46. The summed E-state index contributed by atoms with van der Waals surface area (Å²) < 4.78 is 27.5. The number of allylic oxidation sites excluding steroid dienone is 1. The van der Waals surface area contributed by atoms with Gasteiger partial charge >= 0.3 is 5.97 Å². The van der Waals surface area contributed by atoms with Crippen molar-refractivity contribution < 1.29 is 22.7 Å². The van der Waals surface area contributed by atoms with Crippen molar-refractivity contribution in [2.45, 2.75) is 24.2 Å². The molecule has 1 atom stereocenters. The number of rotatable bonds is 3. The fraction of sp³-hybridized carbons (Fsp3) is 0.375. The standard InChI is InChI=1S/C16H18O5S/c1-21-16(18)13-6-5-12(15(17)10-13)9-11-3-7-14(8-4-11)22(2,19)20/h3-4,7-9,13H,5-6,10H2,1-2H3/b12-9+. The highest BCUT2D eigenvalue weighted by atomic mass is 32.2. The maximum atomic E-state index is 12.1. The first-order valence-corrected chi connectivity index (χ1v) is 8.82. The van der Waals surface area contributed by atoms with Crippen LogP contribution in [0.1, 0.15) is 24.8 Å². The van der Waals surface area contributed by atoms with Crippen molar-refractivity contribution >= 4 is 27.7 Å². The number of sulfone groups is 1. The molecule has 22 heavy (non-hydrogen) atoms. The predicted octanol–water partition coefficient (Wildman–Crippen LogP) is 2.02. The molecule has 6 heteroatoms. The fourth-order valence-corrected chi connectivity index (χ4v) is 3.09. The molecule has 118 valence electrons. The van der Waals surface area contributed by atoms with Gasteiger partial charge in [-0.2, -0.15) is 0 Å². The quantitative estimate of drug-likeness (QED) is 0.628. The lowest BCUT2D eigenvalue weighted by molar-refractivity contribution is -0.147. The summed E-state index contributed by atoms with van der Waals surface area (Å²) in [5.41, 5.74) is 1.43. The molecule has 1 fully saturated rings. The molecule has 1 aromatic rings. The molecule has 1 unspecified atom stereocenters. The van der Waals surface area contributed by atoms with Gasteiger partial charge in [-0.1, -0.05) is 12.1 Å². The first-order valence-electron chi connectivity index (χ1n) is 6.93. The molecule has 0 heterocycles. The molecule has 0 radical (unpaired) electrons. The van der Waals surface area contributed by atoms with Gasteiger partial charge in [0.1, 0.15) is 0 Å². The van der Waals surface area contributed by atoms with Gasteiger partial charge in [-0.25, -0.2) is 8.42 Å². The van der Waals surface area contributed by atoms with Crippen LogP contribution in [0.15, 0.2) is 34.7 Å². The lowest BCUT2D eigenvalue weighted by atomic mass is 9.84. The smallest absolute Gasteiger partial charge is 0.309 e. The molecule has 1 aliphatic carbocycles. The number of carbonyl (C=O) groups excluding carboxylic acids is 2. The number of ether oxygens (including phenoxy) is 1. The number of benzene rings is 1. The van der Waals surface area contributed by atoms with E-state index in [4.69, 9.17) is 0 Å². The highest BCUT2D eigenvalue weighted by Gasteiger charge is 2.29. The topological polar surface area (TPSA) is 77.5 Å². The average molecular weight is 322 g/mol. The minimum atomic E-state index is -3.22. The van der Waals surface area contributed by atoms with Gasteiger partial charge in [0.2, 0.25) is 0 Å². The molecule has 1 saturated carbocycles. The van der Waals surface area contributed by atoms with Gasteiger partial charge in [0.25, 0.3) is 0 Å². The van der Waals surface area contributed by atoms with Crippen molar-refractivity contribution in [1.29, 1.82) is 0 Å². The number of esters is 1. The number of methoxy groups -OCH3 is 1. The van der Waals surface area contributed by atoms with Gasteiger partial charge in [-0.15, -0.1) is 0 Å². The summed E-state index contributed by atoms with van der Waals surface area (Å²) in [6, 6.07) is 6.38. The SMILES string of the molecule is COC(=O)C1CC/C(=C\c2ccc(S(C)(=O)=O)cc2)C(=O)C1. The third-order valence-corrected chi connectivity index (χ3v) is 4.86. The number of hydrogen-bond donors (Lipinski definition) is 0. The van der Waals surface area contributed by atoms with Gasteiger partial charge in [0, 0.05) is 12.7 Å². The number of ketones is 1. The molecule has 1 aliphatic rings. The van der Waals surface area contributed by atoms with Crippen LogP contribution in [0.3, 0.4) is 0 Å². The van der Waals surface area contributed by atoms with Crippen molar-refractivity contribution in [1.82, 2.24) is 0 Å². The summed E-state index contributed by atoms with van der Waals surface area (Å²) in [4.78, 5) is 23.8. The van der Waals surface area contributed by atoms with Crippen LogP contribution in [-0.4, -0.2) is 33.5 Å². The second-order valence-corrected chi connectivity index (χ2v) is 7.41. The maximum absolute atomic E-state index is 12.1. The average Bonchev–Trinajstić information content (AvgIpc) is 2.48. The third-order valence-electron chi connectivity index (χ3n) is 3.74. The zero-order valence-electron chi connectivity index (χ0n) is 12.5. The summed E-state index contributed by atoms with van der Waals surface area (Å²) in [7, 11) is -1.90. The minimum Gasteiger partial charge on any atom is -0.469 e. The van der Waals surface area contributed by atoms with Gasteiger partial charge in [-0.05, 0) is 42.2 Å². The van der Waals surface area contributed by atoms with Crippen molar-refractivity contribution in [3.05, 3.63) is 35.4 Å². The van der Waals surface area contributed by atoms with E-state index in [0.29, 0.717) is 18.4 Å². The summed E-state index contributed by atoms with van der Waals surface area (Å²) >= 11 is 0. The lowest BCUT2D eigenvalue weighted by Crippen LogP contribution is -2.25. The molecule has 1 aromatic carbocycles. The van der Waals surface area contributed by atoms with Crippen LogP contribution in [-0.2, 0) is 24.2 Å². The van der Waals surface area contributed by atoms with Crippen LogP contribution >= 0.6 is 0 Å². The van der Waals surface area contributed by atoms with Crippen molar-refractivity contribution in [3.8, 4) is 0 Å². The van der Waals surface area contributed by atoms with E-state index in [9.17, 15) is 18.0 Å². The summed E-state index contributed by atoms with van der Waals surface area (Å²) in [5.74, 6) is -0.763. The van der Waals surface area contributed by atoms with E-state index in [2.05, 4.69) is 4.74 Å². The Morgan fingerprint density at radius 3 is 2.41 bits per heavy atom. The molecular formula is C16H18O5S. The zero-order chi connectivity index (χ0) is 16.3. The van der Waals surface area contributed by atoms with E-state index in [1.54, 1.807) is 18.2 Å². The van der Waals surface area contributed by atoms with Crippen LogP contribution in [0.4, 0.5) is 0 Å². The van der Waals surface area contributed by atoms with Crippen molar-refractivity contribution in [2.75, 3.05) is 13.4 Å². The molecule has 0 aliphatic heterocycles. The third kappa shape index (κ3) is 3.82. The molecule has 0 aromatic heterocycles. The van der Waals surface area contributed by atoms with Gasteiger partial charge in [-0.3, -0.25) is 9.59 Å². The monoisotopic (exact) mass is 322 g/mol. The number of Topliss-reactive ketones (excluding diaryl/α,β-unsaturated/α-hetero) is 1. The zero-order valence-corrected chi connectivity index (χ0v) is 13.4. The van der Waals surface area contributed by atoms with Gasteiger partial charge < -0.3 is 4.74 Å². The van der Waals surface area contributed by atoms with E-state index in [1.165, 1.54) is 19.2 Å². The van der Waals surface area contributed by atoms with Crippen LogP contribution < -0.4 is 0 Å². The molecule has 0 saturated heterocycles. The van der Waals surface area contributed by atoms with Crippen LogP contribution in [0.2, 0.25) is 0 Å². The van der Waals surface area contributed by atoms with E-state index in [0.717, 1.165) is 11.8 Å². The molecule has 0 amide bonds. The Labute approximate surface area is 129 Å². The van der Waals surface area contributed by atoms with Crippen LogP contribution in [0.5, 0.6) is 0 Å². The Morgan fingerprint density at radius 2 is 1.91 bits per heavy atom. The van der Waals surface area contributed by atoms with Gasteiger partial charge in [0.15, 0.2) is 15.6 Å². The second-order valence-electron chi connectivity index (χ2n) is 5.40. The molecule has 0 N–H and O–H groups in total. The maximum Gasteiger partial charge on any atom is 0.309 e. The Hall–Kier alpha value is -1.95. The first kappa shape index (κ1) is 16.4. The summed E-state index contributed by atoms with van der Waals surface area (Å²) in [5, 5.41) is 0. The summed E-state index contributed by atoms with van der Waals surface area (Å²) in [6.07, 6.45) is 4.18. The van der Waals surface area contributed by atoms with Crippen LogP contribution in [0, 0.1) is 5.92 Å². The highest BCUT2D eigenvalue weighted by Crippen LogP contribution is 2.28. The lowest BCUT2D eigenvalue weighted by Gasteiger charge is -2.20. The van der Waals surface area contributed by atoms with Crippen LogP contribution in [0.25, 0.3) is 6.08 Å². The molecule has 0 bridgehead atoms. The predicted molar refractivity (Wildman–Crippen MR) is 81.9 cm³/mol. The highest BCUT2D eigenvalue weighted by molar-refractivity contribution is 7.90. The Morgan fingerprint density at radius 1 is 1.27 bits per heavy atom. The van der Waals surface area contributed by atoms with Crippen molar-refractivity contribution in [2.24, 2.45) is 5.92 Å². The minimum absolute atomic E-state index is 0.0613. The van der Waals surface area contributed by atoms with E-state index < -0.39 is 9.84 Å². The number of carbonyl (C=O) groups is 2. The summed E-state index contributed by atoms with van der Waals surface area (Å²) in [6.45, 7) is 0. The van der Waals surface area contributed by atoms with Crippen molar-refractivity contribution in [3.63, 3.8) is 0 Å². The van der Waals surface area contributed by atoms with E-state index in [-0.39, 0.29) is 29.0 Å². The van der Waals surface area contributed by atoms with Gasteiger partial charge in [0.05, 0.1) is 17.9 Å². The normalized spacial score (nSPS) is 20.9. The molecule has 0 spiro atoms. The molecule has 2 rings (SSSR count). The largest absolute Gasteiger partial charge is 0.469 e. The molecule has 5 nitrogen and oxygen atoms in total. The second kappa shape index (κ2) is 6.44. The van der Waals surface area contributed by atoms with E-state index >= 15 is 0 Å².